The summed E-state index contributed by atoms with van der Waals surface area (Å²) in [5.41, 5.74) is 4.04. The summed E-state index contributed by atoms with van der Waals surface area (Å²) in [5, 5.41) is 5.05. The Bertz CT molecular complexity index is 944. The minimum atomic E-state index is -4.94. The number of benzene rings is 1. The van der Waals surface area contributed by atoms with Gasteiger partial charge in [-0.3, -0.25) is 0 Å². The lowest BCUT2D eigenvalue weighted by Crippen LogP contribution is -2.68. The molecule has 0 aliphatic heterocycles. The number of hydrogen-bond donors (Lipinski definition) is 1. The zero-order chi connectivity index (χ0) is 23.1. The van der Waals surface area contributed by atoms with Crippen molar-refractivity contribution in [2.45, 2.75) is 38.6 Å². The van der Waals surface area contributed by atoms with E-state index in [-0.39, 0.29) is 24.0 Å². The van der Waals surface area contributed by atoms with Gasteiger partial charge in [0.15, 0.2) is 11.4 Å². The van der Waals surface area contributed by atoms with Crippen LogP contribution in [0.4, 0.5) is 0 Å². The van der Waals surface area contributed by atoms with Gasteiger partial charge in [0.05, 0.1) is 11.5 Å². The van der Waals surface area contributed by atoms with Crippen molar-refractivity contribution in [1.29, 1.82) is 0 Å². The zero-order valence-corrected chi connectivity index (χ0v) is 18.2. The molecular weight excluding hydrogens is 440 g/mol. The molecule has 0 amide bonds. The van der Waals surface area contributed by atoms with Crippen LogP contribution >= 0.6 is 0 Å². The normalized spacial score (nSPS) is 11.5. The maximum atomic E-state index is 12.0. The summed E-state index contributed by atoms with van der Waals surface area (Å²) in [6.07, 6.45) is 0.507. The van der Waals surface area contributed by atoms with Crippen molar-refractivity contribution in [2.75, 3.05) is 6.61 Å². The Morgan fingerprint density at radius 3 is 1.93 bits per heavy atom. The first-order valence-corrected chi connectivity index (χ1v) is 11.3. The summed E-state index contributed by atoms with van der Waals surface area (Å²) in [5.74, 6) is -0.304. The molecule has 1 aromatic heterocycles. The minimum absolute atomic E-state index is 0.0648. The van der Waals surface area contributed by atoms with Gasteiger partial charge in [0.1, 0.15) is 0 Å². The predicted octanol–water partition coefficient (Wildman–Crippen LogP) is -3.42. The lowest BCUT2D eigenvalue weighted by atomic mass is 10.2. The second-order valence-electron chi connectivity index (χ2n) is 6.44. The number of nitrogens with two attached hydrogens (primary N) is 1. The molecule has 1 heterocycles. The molecule has 2 rings (SSSR count). The highest BCUT2D eigenvalue weighted by Crippen LogP contribution is 2.09. The van der Waals surface area contributed by atoms with E-state index >= 15 is 0 Å². The van der Waals surface area contributed by atoms with Crippen molar-refractivity contribution in [1.82, 2.24) is 0 Å². The lowest BCUT2D eigenvalue weighted by molar-refractivity contribution is -2.00. The molecule has 0 unspecified atom stereocenters. The Morgan fingerprint density at radius 1 is 1.03 bits per heavy atom. The van der Waals surface area contributed by atoms with Crippen LogP contribution in [0.1, 0.15) is 22.5 Å². The molecule has 0 atom stereocenters. The molecule has 12 heteroatoms. The highest BCUT2D eigenvalue weighted by molar-refractivity contribution is 7.89. The number of ether oxygens (including phenoxy) is 1. The second-order valence-corrected chi connectivity index (χ2v) is 8.76. The van der Waals surface area contributed by atoms with Gasteiger partial charge in [0, 0.05) is 32.4 Å². The molecule has 30 heavy (non-hydrogen) atoms. The van der Waals surface area contributed by atoms with Crippen LogP contribution in [0.15, 0.2) is 41.3 Å². The lowest BCUT2D eigenvalue weighted by Gasteiger charge is -2.17. The summed E-state index contributed by atoms with van der Waals surface area (Å²) in [4.78, 5) is 12.1. The van der Waals surface area contributed by atoms with Crippen molar-refractivity contribution < 1.29 is 51.4 Å². The highest BCUT2D eigenvalue weighted by atomic mass is 35.7. The average Bonchev–Trinajstić information content (AvgIpc) is 2.56. The molecule has 0 fully saturated rings. The topological polar surface area (TPSA) is 183 Å². The van der Waals surface area contributed by atoms with Crippen molar-refractivity contribution in [2.24, 2.45) is 5.14 Å². The first-order chi connectivity index (χ1) is 13.7. The van der Waals surface area contributed by atoms with Gasteiger partial charge in [-0.1, -0.05) is 12.1 Å². The Kier molecular flexibility index (Phi) is 9.31. The van der Waals surface area contributed by atoms with Gasteiger partial charge in [-0.25, -0.2) is 37.0 Å². The van der Waals surface area contributed by atoms with Crippen LogP contribution in [0, 0.1) is 31.0 Å². The zero-order valence-electron chi connectivity index (χ0n) is 16.7. The van der Waals surface area contributed by atoms with Gasteiger partial charge in [0.2, 0.25) is 16.6 Å². The molecule has 2 N–H and O–H groups in total. The summed E-state index contributed by atoms with van der Waals surface area (Å²) in [6, 6.07) is 10.3. The molecule has 0 aliphatic rings. The number of hydrogen-bond acceptors (Lipinski definition) is 8. The smallest absolute Gasteiger partial charge is 0.372 e. The third kappa shape index (κ3) is 10.1. The van der Waals surface area contributed by atoms with Crippen LogP contribution in [0.3, 0.4) is 0 Å². The third-order valence-electron chi connectivity index (χ3n) is 3.92. The van der Waals surface area contributed by atoms with E-state index in [1.54, 1.807) is 12.1 Å². The second kappa shape index (κ2) is 10.8. The van der Waals surface area contributed by atoms with Crippen molar-refractivity contribution in [3.8, 4) is 0 Å². The molecule has 166 valence electrons. The molecule has 0 spiro atoms. The van der Waals surface area contributed by atoms with E-state index in [4.69, 9.17) is 28.5 Å². The van der Waals surface area contributed by atoms with Crippen LogP contribution < -0.4 is 28.3 Å². The SMILES string of the molecule is Cc1cc(C)[n+](CC(=O)OCCc2ccc(S(N)(=O)=O)cc2)c(C)c1.[O-][Cl+3]([O-])([O-])[O-]. The number of rotatable bonds is 6. The number of esters is 1. The average molecular weight is 463 g/mol. The molecule has 0 bridgehead atoms. The quantitative estimate of drug-likeness (QED) is 0.339. The van der Waals surface area contributed by atoms with Crippen molar-refractivity contribution in [3.63, 3.8) is 0 Å². The van der Waals surface area contributed by atoms with Gasteiger partial charge in [-0.15, -0.1) is 10.2 Å². The molecule has 0 aliphatic carbocycles. The fourth-order valence-electron chi connectivity index (χ4n) is 2.69. The number of aromatic nitrogens is 1. The monoisotopic (exact) mass is 462 g/mol. The molecule has 2 aromatic rings. The maximum Gasteiger partial charge on any atom is 0.372 e. The molecule has 0 radical (unpaired) electrons. The largest absolute Gasteiger partial charge is 0.461 e. The fourth-order valence-corrected chi connectivity index (χ4v) is 3.20. The fraction of sp³-hybridized carbons (Fsp3) is 0.333. The van der Waals surface area contributed by atoms with Crippen molar-refractivity contribution in [3.05, 3.63) is 58.9 Å². The van der Waals surface area contributed by atoms with Gasteiger partial charge >= 0.3 is 5.97 Å². The van der Waals surface area contributed by atoms with Crippen LogP contribution in [0.2, 0.25) is 0 Å². The predicted molar refractivity (Wildman–Crippen MR) is 93.3 cm³/mol. The summed E-state index contributed by atoms with van der Waals surface area (Å²) in [6.45, 7) is 6.34. The van der Waals surface area contributed by atoms with Crippen LogP contribution in [0.25, 0.3) is 0 Å². The third-order valence-corrected chi connectivity index (χ3v) is 4.85. The van der Waals surface area contributed by atoms with Gasteiger partial charge in [0.25, 0.3) is 0 Å². The molecular formula is C18H23ClN2O8S. The van der Waals surface area contributed by atoms with Gasteiger partial charge in [-0.2, -0.15) is 4.57 Å². The van der Waals surface area contributed by atoms with Crippen molar-refractivity contribution >= 4 is 16.0 Å². The van der Waals surface area contributed by atoms with Crippen LogP contribution in [-0.4, -0.2) is 21.0 Å². The van der Waals surface area contributed by atoms with E-state index in [0.717, 1.165) is 22.5 Å². The number of aryl methyl sites for hydroxylation is 3. The molecule has 1 aromatic carbocycles. The molecule has 0 saturated carbocycles. The van der Waals surface area contributed by atoms with Crippen LogP contribution in [-0.2, 0) is 32.5 Å². The van der Waals surface area contributed by atoms with E-state index in [9.17, 15) is 13.2 Å². The number of primary sulfonamides is 1. The Balaban J connectivity index is 0.000000804. The highest BCUT2D eigenvalue weighted by Gasteiger charge is 2.17. The number of sulfonamides is 1. The van der Waals surface area contributed by atoms with Gasteiger partial charge < -0.3 is 4.74 Å². The van der Waals surface area contributed by atoms with Gasteiger partial charge in [-0.05, 0) is 30.2 Å². The van der Waals surface area contributed by atoms with E-state index in [0.29, 0.717) is 6.42 Å². The maximum absolute atomic E-state index is 12.0. The number of halogens is 1. The Hall–Kier alpha value is -2.12. The van der Waals surface area contributed by atoms with E-state index in [2.05, 4.69) is 0 Å². The Morgan fingerprint density at radius 2 is 1.50 bits per heavy atom. The van der Waals surface area contributed by atoms with Crippen LogP contribution in [0.5, 0.6) is 0 Å². The van der Waals surface area contributed by atoms with E-state index in [1.165, 1.54) is 12.1 Å². The number of nitrogens with zero attached hydrogens (tertiary/aromatic N) is 1. The number of pyridine rings is 1. The van der Waals surface area contributed by atoms with E-state index < -0.39 is 20.3 Å². The summed E-state index contributed by atoms with van der Waals surface area (Å²) < 4.78 is 63.6. The number of carbonyl (C=O) groups excluding carboxylic acids is 1. The summed E-state index contributed by atoms with van der Waals surface area (Å²) in [7, 11) is -8.63. The first kappa shape index (κ1) is 25.9. The molecule has 10 nitrogen and oxygen atoms in total. The summed E-state index contributed by atoms with van der Waals surface area (Å²) >= 11 is 0. The standard InChI is InChI=1S/C18H23N2O4S.ClHO4/c1-13-10-14(2)20(15(3)11-13)12-18(21)24-9-8-16-4-6-17(7-5-16)25(19,22)23;2-1(3,4)5/h4-7,10-11H,8-9,12H2,1-3H3,(H2,19,22,23);(H,2,3,4,5)/q+1;/p-1. The molecule has 0 saturated heterocycles. The number of carbonyl (C=O) groups is 1. The minimum Gasteiger partial charge on any atom is -0.461 e. The van der Waals surface area contributed by atoms with E-state index in [1.807, 2.05) is 37.5 Å². The Labute approximate surface area is 176 Å². The first-order valence-electron chi connectivity index (χ1n) is 8.53.